The molecule has 2 aliphatic rings. The normalized spacial score (nSPS) is 19.5. The van der Waals surface area contributed by atoms with Crippen LogP contribution in [-0.2, 0) is 16.1 Å². The number of aromatic nitrogens is 4. The second kappa shape index (κ2) is 7.13. The molecule has 9 nitrogen and oxygen atoms in total. The molecule has 1 saturated carbocycles. The summed E-state index contributed by atoms with van der Waals surface area (Å²) < 4.78 is 6.84. The van der Waals surface area contributed by atoms with E-state index in [0.717, 1.165) is 25.8 Å². The van der Waals surface area contributed by atoms with Gasteiger partial charge in [0.25, 0.3) is 0 Å². The van der Waals surface area contributed by atoms with Gasteiger partial charge in [-0.25, -0.2) is 19.7 Å². The molecule has 0 spiro atoms. The minimum absolute atomic E-state index is 0.114. The smallest absolute Gasteiger partial charge is 0.374 e. The molecule has 0 aromatic carbocycles. The maximum Gasteiger partial charge on any atom is 0.374 e. The monoisotopic (exact) mass is 372 g/mol. The highest BCUT2D eigenvalue weighted by molar-refractivity contribution is 5.93. The molecule has 2 fully saturated rings. The van der Waals surface area contributed by atoms with Crippen molar-refractivity contribution in [3.8, 4) is 0 Å². The summed E-state index contributed by atoms with van der Waals surface area (Å²) in [6.07, 6.45) is 4.37. The molecule has 1 saturated heterocycles. The summed E-state index contributed by atoms with van der Waals surface area (Å²) in [5.74, 6) is 0.859. The van der Waals surface area contributed by atoms with Gasteiger partial charge in [-0.3, -0.25) is 4.79 Å². The molecule has 1 aliphatic heterocycles. The van der Waals surface area contributed by atoms with Crippen LogP contribution in [0.5, 0.6) is 0 Å². The van der Waals surface area contributed by atoms with Gasteiger partial charge in [-0.15, -0.1) is 0 Å². The number of esters is 1. The zero-order valence-electron chi connectivity index (χ0n) is 15.6. The van der Waals surface area contributed by atoms with Gasteiger partial charge in [0.1, 0.15) is 6.33 Å². The number of rotatable bonds is 6. The fraction of sp³-hybridized carbons (Fsp3) is 0.611. The van der Waals surface area contributed by atoms with E-state index in [9.17, 15) is 9.59 Å². The topological polar surface area (TPSA) is 102 Å². The minimum atomic E-state index is -0.467. The molecule has 1 unspecified atom stereocenters. The predicted octanol–water partition coefficient (Wildman–Crippen LogP) is 1.45. The molecule has 9 heteroatoms. The van der Waals surface area contributed by atoms with Crippen molar-refractivity contribution >= 4 is 28.9 Å². The number of anilines is 1. The van der Waals surface area contributed by atoms with Crippen LogP contribution < -0.4 is 5.32 Å². The molecule has 0 bridgehead atoms. The SMILES string of the molecule is CCOC(=O)c1nc2c(NC3CCN(C(=O)C4CC4)C3)ncnc2n1CC. The van der Waals surface area contributed by atoms with Gasteiger partial charge in [-0.1, -0.05) is 0 Å². The van der Waals surface area contributed by atoms with Crippen LogP contribution in [0.2, 0.25) is 0 Å². The van der Waals surface area contributed by atoms with Crippen molar-refractivity contribution in [1.82, 2.24) is 24.4 Å². The fourth-order valence-electron chi connectivity index (χ4n) is 3.55. The van der Waals surface area contributed by atoms with Crippen LogP contribution in [0.3, 0.4) is 0 Å². The average Bonchev–Trinajstić information content (AvgIpc) is 3.29. The molecule has 2 aromatic rings. The molecule has 1 N–H and O–H groups in total. The van der Waals surface area contributed by atoms with Crippen LogP contribution in [0.15, 0.2) is 6.33 Å². The highest BCUT2D eigenvalue weighted by Gasteiger charge is 2.36. The Morgan fingerprint density at radius 2 is 2.07 bits per heavy atom. The van der Waals surface area contributed by atoms with E-state index in [1.165, 1.54) is 6.33 Å². The van der Waals surface area contributed by atoms with Crippen LogP contribution >= 0.6 is 0 Å². The lowest BCUT2D eigenvalue weighted by Gasteiger charge is -2.17. The summed E-state index contributed by atoms with van der Waals surface area (Å²) in [6.45, 7) is 5.96. The standard InChI is InChI=1S/C18H24N6O3/c1-3-24-15-13(22-16(24)18(26)27-4-2)14(19-10-20-15)21-12-7-8-23(9-12)17(25)11-5-6-11/h10-12H,3-9H2,1-2H3,(H,19,20,21). The summed E-state index contributed by atoms with van der Waals surface area (Å²) >= 11 is 0. The van der Waals surface area contributed by atoms with E-state index in [-0.39, 0.29) is 30.3 Å². The molecule has 1 atom stereocenters. The van der Waals surface area contributed by atoms with Gasteiger partial charge < -0.3 is 19.5 Å². The molecule has 4 rings (SSSR count). The maximum absolute atomic E-state index is 12.2. The first-order chi connectivity index (χ1) is 13.1. The molecular formula is C18H24N6O3. The number of imidazole rings is 1. The maximum atomic E-state index is 12.2. The van der Waals surface area contributed by atoms with Gasteiger partial charge in [0.05, 0.1) is 6.61 Å². The van der Waals surface area contributed by atoms with Gasteiger partial charge in [0, 0.05) is 31.6 Å². The zero-order chi connectivity index (χ0) is 19.0. The van der Waals surface area contributed by atoms with Gasteiger partial charge in [-0.05, 0) is 33.1 Å². The molecule has 2 aromatic heterocycles. The van der Waals surface area contributed by atoms with Crippen LogP contribution in [0.1, 0.15) is 43.7 Å². The molecule has 1 aliphatic carbocycles. The number of nitrogens with zero attached hydrogens (tertiary/aromatic N) is 5. The van der Waals surface area contributed by atoms with Gasteiger partial charge in [0.2, 0.25) is 11.7 Å². The van der Waals surface area contributed by atoms with Crippen LogP contribution in [0.4, 0.5) is 5.82 Å². The van der Waals surface area contributed by atoms with Crippen molar-refractivity contribution in [3.05, 3.63) is 12.2 Å². The van der Waals surface area contributed by atoms with Crippen molar-refractivity contribution in [1.29, 1.82) is 0 Å². The minimum Gasteiger partial charge on any atom is -0.460 e. The zero-order valence-corrected chi connectivity index (χ0v) is 15.6. The Hall–Kier alpha value is -2.71. The lowest BCUT2D eigenvalue weighted by Crippen LogP contribution is -2.32. The predicted molar refractivity (Wildman–Crippen MR) is 98.3 cm³/mol. The van der Waals surface area contributed by atoms with E-state index in [1.54, 1.807) is 11.5 Å². The first-order valence-corrected chi connectivity index (χ1v) is 9.56. The Labute approximate surface area is 157 Å². The Bertz CT molecular complexity index is 875. The molecular weight excluding hydrogens is 348 g/mol. The van der Waals surface area contributed by atoms with E-state index in [4.69, 9.17) is 4.74 Å². The summed E-state index contributed by atoms with van der Waals surface area (Å²) in [7, 11) is 0. The summed E-state index contributed by atoms with van der Waals surface area (Å²) in [5.41, 5.74) is 1.15. The number of carbonyl (C=O) groups is 2. The van der Waals surface area contributed by atoms with Gasteiger partial charge in [-0.2, -0.15) is 0 Å². The number of likely N-dealkylation sites (tertiary alicyclic amines) is 1. The van der Waals surface area contributed by atoms with Crippen LogP contribution in [0, 0.1) is 5.92 Å². The number of ether oxygens (including phenoxy) is 1. The summed E-state index contributed by atoms with van der Waals surface area (Å²) in [6, 6.07) is 0.114. The third-order valence-electron chi connectivity index (χ3n) is 5.07. The van der Waals surface area contributed by atoms with E-state index in [0.29, 0.717) is 30.1 Å². The van der Waals surface area contributed by atoms with Crippen molar-refractivity contribution in [3.63, 3.8) is 0 Å². The Morgan fingerprint density at radius 3 is 2.78 bits per heavy atom. The Morgan fingerprint density at radius 1 is 1.26 bits per heavy atom. The summed E-state index contributed by atoms with van der Waals surface area (Å²) in [4.78, 5) is 39.5. The third-order valence-corrected chi connectivity index (χ3v) is 5.07. The fourth-order valence-corrected chi connectivity index (χ4v) is 3.55. The lowest BCUT2D eigenvalue weighted by atomic mass is 10.2. The highest BCUT2D eigenvalue weighted by atomic mass is 16.5. The molecule has 27 heavy (non-hydrogen) atoms. The largest absolute Gasteiger partial charge is 0.460 e. The number of aryl methyl sites for hydroxylation is 1. The van der Waals surface area contributed by atoms with E-state index in [1.807, 2.05) is 11.8 Å². The number of hydrogen-bond donors (Lipinski definition) is 1. The number of amides is 1. The molecule has 0 radical (unpaired) electrons. The van der Waals surface area contributed by atoms with E-state index >= 15 is 0 Å². The average molecular weight is 372 g/mol. The van der Waals surface area contributed by atoms with Gasteiger partial charge >= 0.3 is 5.97 Å². The lowest BCUT2D eigenvalue weighted by molar-refractivity contribution is -0.131. The van der Waals surface area contributed by atoms with Crippen LogP contribution in [0.25, 0.3) is 11.2 Å². The molecule has 3 heterocycles. The highest BCUT2D eigenvalue weighted by Crippen LogP contribution is 2.32. The van der Waals surface area contributed by atoms with Crippen molar-refractivity contribution in [2.45, 2.75) is 45.7 Å². The van der Waals surface area contributed by atoms with Crippen LogP contribution in [-0.4, -0.2) is 62.0 Å². The molecule has 1 amide bonds. The Kier molecular flexibility index (Phi) is 4.67. The second-order valence-corrected chi connectivity index (χ2v) is 6.98. The van der Waals surface area contributed by atoms with E-state index in [2.05, 4.69) is 20.3 Å². The quantitative estimate of drug-likeness (QED) is 0.766. The molecule has 144 valence electrons. The van der Waals surface area contributed by atoms with Crippen molar-refractivity contribution in [2.24, 2.45) is 5.92 Å². The van der Waals surface area contributed by atoms with Crippen molar-refractivity contribution in [2.75, 3.05) is 25.0 Å². The number of fused-ring (bicyclic) bond motifs is 1. The number of nitrogens with one attached hydrogen (secondary N) is 1. The Balaban J connectivity index is 1.57. The number of hydrogen-bond acceptors (Lipinski definition) is 7. The van der Waals surface area contributed by atoms with Gasteiger partial charge in [0.15, 0.2) is 17.0 Å². The third kappa shape index (κ3) is 3.33. The van der Waals surface area contributed by atoms with E-state index < -0.39 is 5.97 Å². The number of carbonyl (C=O) groups excluding carboxylic acids is 2. The van der Waals surface area contributed by atoms with Crippen molar-refractivity contribution < 1.29 is 14.3 Å². The first-order valence-electron chi connectivity index (χ1n) is 9.56. The first kappa shape index (κ1) is 17.7. The summed E-state index contributed by atoms with van der Waals surface area (Å²) in [5, 5.41) is 3.39. The second-order valence-electron chi connectivity index (χ2n) is 6.98.